The zero-order valence-electron chi connectivity index (χ0n) is 20.8. The summed E-state index contributed by atoms with van der Waals surface area (Å²) in [5.74, 6) is 0.477. The van der Waals surface area contributed by atoms with Gasteiger partial charge in [-0.05, 0) is 65.2 Å². The Balaban J connectivity index is 1.35. The summed E-state index contributed by atoms with van der Waals surface area (Å²) in [6.45, 7) is 0. The molecule has 0 unspecified atom stereocenters. The predicted molar refractivity (Wildman–Crippen MR) is 143 cm³/mol. The lowest BCUT2D eigenvalue weighted by molar-refractivity contribution is 0.0955. The molecule has 1 aliphatic carbocycles. The zero-order valence-corrected chi connectivity index (χ0v) is 20.8. The monoisotopic (exact) mass is 494 g/mol. The first-order valence-electron chi connectivity index (χ1n) is 12.5. The Morgan fingerprint density at radius 1 is 0.946 bits per heavy atom. The molecule has 3 aromatic carbocycles. The number of nitrogens with zero attached hydrogens (tertiary/aromatic N) is 6. The van der Waals surface area contributed by atoms with Gasteiger partial charge < -0.3 is 5.01 Å². The lowest BCUT2D eigenvalue weighted by Gasteiger charge is -2.40. The molecule has 37 heavy (non-hydrogen) atoms. The molecule has 0 atom stereocenters. The molecule has 0 bridgehead atoms. The number of hydrazine groups is 1. The summed E-state index contributed by atoms with van der Waals surface area (Å²) < 4.78 is 1.77. The zero-order chi connectivity index (χ0) is 25.5. The fourth-order valence-corrected chi connectivity index (χ4v) is 4.76. The molecule has 1 saturated carbocycles. The van der Waals surface area contributed by atoms with Crippen LogP contribution >= 0.6 is 0 Å². The van der Waals surface area contributed by atoms with Crippen LogP contribution in [0, 0.1) is 0 Å². The van der Waals surface area contributed by atoms with Gasteiger partial charge in [0.1, 0.15) is 0 Å². The third-order valence-electron chi connectivity index (χ3n) is 6.68. The van der Waals surface area contributed by atoms with Gasteiger partial charge in [-0.2, -0.15) is 9.78 Å². The van der Waals surface area contributed by atoms with E-state index in [1.165, 1.54) is 6.42 Å². The van der Waals surface area contributed by atoms with Gasteiger partial charge in [0.25, 0.3) is 5.91 Å². The van der Waals surface area contributed by atoms with Crippen LogP contribution in [0.15, 0.2) is 90.0 Å². The Morgan fingerprint density at radius 2 is 1.62 bits per heavy atom. The minimum absolute atomic E-state index is 0.287. The number of carbonyl (C=O) groups excluding carboxylic acids is 1. The average Bonchev–Trinajstić information content (AvgIpc) is 3.46. The van der Waals surface area contributed by atoms with E-state index in [0.29, 0.717) is 5.56 Å². The van der Waals surface area contributed by atoms with Crippen molar-refractivity contribution in [3.8, 4) is 5.69 Å². The van der Waals surface area contributed by atoms with Crippen LogP contribution in [0.2, 0.25) is 0 Å². The van der Waals surface area contributed by atoms with E-state index in [9.17, 15) is 4.79 Å². The molecule has 1 heterocycles. The summed E-state index contributed by atoms with van der Waals surface area (Å²) in [5, 5.41) is 18.9. The van der Waals surface area contributed by atoms with Crippen molar-refractivity contribution in [1.29, 1.82) is 0 Å². The van der Waals surface area contributed by atoms with Crippen molar-refractivity contribution in [2.75, 3.05) is 12.1 Å². The number of carbonyl (C=O) groups is 1. The molecule has 188 valence electrons. The Bertz CT molecular complexity index is 1330. The van der Waals surface area contributed by atoms with E-state index in [2.05, 4.69) is 43.6 Å². The molecule has 0 saturated heterocycles. The number of hydrazone groups is 1. The van der Waals surface area contributed by atoms with E-state index >= 15 is 0 Å². The molecule has 5 rings (SSSR count). The third-order valence-corrected chi connectivity index (χ3v) is 6.68. The number of para-hydroxylation sites is 1. The molecule has 1 aromatic heterocycles. The lowest BCUT2D eigenvalue weighted by atomic mass is 9.81. The fourth-order valence-electron chi connectivity index (χ4n) is 4.76. The summed E-state index contributed by atoms with van der Waals surface area (Å²) >= 11 is 0. The first kappa shape index (κ1) is 24.3. The van der Waals surface area contributed by atoms with Gasteiger partial charge in [0.2, 0.25) is 0 Å². The number of aromatic nitrogens is 4. The van der Waals surface area contributed by atoms with Crippen molar-refractivity contribution in [3.63, 3.8) is 0 Å². The molecule has 1 fully saturated rings. The van der Waals surface area contributed by atoms with Crippen molar-refractivity contribution >= 4 is 17.8 Å². The largest absolute Gasteiger partial charge is 0.311 e. The topological polar surface area (TPSA) is 100 Å². The Labute approximate surface area is 216 Å². The van der Waals surface area contributed by atoms with Gasteiger partial charge in [-0.3, -0.25) is 4.79 Å². The fraction of sp³-hybridized carbons (Fsp3) is 0.250. The maximum atomic E-state index is 12.6. The molecule has 0 radical (unpaired) electrons. The van der Waals surface area contributed by atoms with Crippen LogP contribution in [-0.4, -0.2) is 39.4 Å². The second-order valence-electron chi connectivity index (χ2n) is 9.22. The highest BCUT2D eigenvalue weighted by Crippen LogP contribution is 2.37. The third kappa shape index (κ3) is 5.57. The maximum absolute atomic E-state index is 12.6. The van der Waals surface area contributed by atoms with Gasteiger partial charge in [0, 0.05) is 12.6 Å². The molecular weight excluding hydrogens is 464 g/mol. The number of hydrogen-bond donors (Lipinski definition) is 2. The minimum atomic E-state index is -0.408. The summed E-state index contributed by atoms with van der Waals surface area (Å²) in [7, 11) is 2.02. The Hall–Kier alpha value is -4.37. The quantitative estimate of drug-likeness (QED) is 0.281. The van der Waals surface area contributed by atoms with E-state index < -0.39 is 5.54 Å². The van der Waals surface area contributed by atoms with Crippen LogP contribution < -0.4 is 15.9 Å². The highest BCUT2D eigenvalue weighted by molar-refractivity contribution is 5.95. The van der Waals surface area contributed by atoms with Crippen molar-refractivity contribution in [2.45, 2.75) is 37.6 Å². The van der Waals surface area contributed by atoms with Gasteiger partial charge in [0.15, 0.2) is 5.82 Å². The van der Waals surface area contributed by atoms with Crippen molar-refractivity contribution < 1.29 is 4.79 Å². The molecule has 9 nitrogen and oxygen atoms in total. The number of nitrogens with one attached hydrogen (secondary N) is 2. The maximum Gasteiger partial charge on any atom is 0.271 e. The Morgan fingerprint density at radius 3 is 2.32 bits per heavy atom. The van der Waals surface area contributed by atoms with Crippen LogP contribution in [0.5, 0.6) is 0 Å². The summed E-state index contributed by atoms with van der Waals surface area (Å²) in [4.78, 5) is 12.6. The normalized spacial score (nSPS) is 14.9. The minimum Gasteiger partial charge on any atom is -0.311 e. The van der Waals surface area contributed by atoms with Crippen LogP contribution in [-0.2, 0) is 5.54 Å². The molecule has 1 aliphatic rings. The SMILES string of the molecule is CN(NC1(c2nnnn2-c2ccc(C(=O)NN=Cc3ccccc3)cc2)CCCCC1)c1ccccc1. The van der Waals surface area contributed by atoms with Crippen molar-refractivity contribution in [2.24, 2.45) is 5.10 Å². The van der Waals surface area contributed by atoms with Crippen LogP contribution in [0.25, 0.3) is 5.69 Å². The molecular formula is C28H30N8O. The lowest BCUT2D eigenvalue weighted by Crippen LogP contribution is -2.53. The van der Waals surface area contributed by atoms with E-state index in [-0.39, 0.29) is 5.91 Å². The standard InChI is InChI=1S/C28H30N8O/c1-35(24-13-7-3-8-14-24)32-28(19-9-4-10-20-28)27-31-33-34-36(27)25-17-15-23(16-18-25)26(37)30-29-21-22-11-5-2-6-12-22/h2-3,5-8,11-18,21,32H,4,9-10,19-20H2,1H3,(H,30,37). The number of anilines is 1. The first-order chi connectivity index (χ1) is 18.1. The molecule has 0 aliphatic heterocycles. The van der Waals surface area contributed by atoms with E-state index in [1.807, 2.05) is 72.7 Å². The van der Waals surface area contributed by atoms with Crippen LogP contribution in [0.4, 0.5) is 5.69 Å². The van der Waals surface area contributed by atoms with Gasteiger partial charge in [-0.15, -0.1) is 5.10 Å². The smallest absolute Gasteiger partial charge is 0.271 e. The second kappa shape index (κ2) is 11.1. The molecule has 2 N–H and O–H groups in total. The first-order valence-corrected chi connectivity index (χ1v) is 12.5. The number of hydrogen-bond acceptors (Lipinski definition) is 7. The molecule has 9 heteroatoms. The average molecular weight is 495 g/mol. The number of tetrazole rings is 1. The van der Waals surface area contributed by atoms with Crippen LogP contribution in [0.3, 0.4) is 0 Å². The number of amides is 1. The second-order valence-corrected chi connectivity index (χ2v) is 9.22. The van der Waals surface area contributed by atoms with E-state index in [4.69, 9.17) is 0 Å². The van der Waals surface area contributed by atoms with Crippen molar-refractivity contribution in [1.82, 2.24) is 31.1 Å². The van der Waals surface area contributed by atoms with E-state index in [1.54, 1.807) is 23.0 Å². The molecule has 4 aromatic rings. The number of benzene rings is 3. The summed E-state index contributed by atoms with van der Waals surface area (Å²) in [5.41, 5.74) is 9.15. The molecule has 1 amide bonds. The highest BCUT2D eigenvalue weighted by atomic mass is 16.2. The van der Waals surface area contributed by atoms with Gasteiger partial charge in [-0.25, -0.2) is 10.9 Å². The van der Waals surface area contributed by atoms with Crippen LogP contribution in [0.1, 0.15) is 53.8 Å². The molecule has 0 spiro atoms. The Kier molecular flexibility index (Phi) is 7.32. The van der Waals surface area contributed by atoms with Gasteiger partial charge in [0.05, 0.1) is 23.1 Å². The predicted octanol–water partition coefficient (Wildman–Crippen LogP) is 4.23. The van der Waals surface area contributed by atoms with Crippen molar-refractivity contribution in [3.05, 3.63) is 102 Å². The number of rotatable bonds is 8. The van der Waals surface area contributed by atoms with Gasteiger partial charge in [-0.1, -0.05) is 67.8 Å². The highest BCUT2D eigenvalue weighted by Gasteiger charge is 2.40. The summed E-state index contributed by atoms with van der Waals surface area (Å²) in [6, 6.07) is 27.0. The summed E-state index contributed by atoms with van der Waals surface area (Å²) in [6.07, 6.45) is 6.82. The van der Waals surface area contributed by atoms with Gasteiger partial charge >= 0.3 is 0 Å². The van der Waals surface area contributed by atoms with E-state index in [0.717, 1.165) is 48.4 Å².